The summed E-state index contributed by atoms with van der Waals surface area (Å²) in [6.45, 7) is 4.19. The number of hydrogen-bond acceptors (Lipinski definition) is 3. The highest BCUT2D eigenvalue weighted by atomic mass is 16.2. The average Bonchev–Trinajstić information content (AvgIpc) is 2.94. The number of urea groups is 1. The summed E-state index contributed by atoms with van der Waals surface area (Å²) in [5.41, 5.74) is 9.37. The van der Waals surface area contributed by atoms with Crippen molar-refractivity contribution in [2.45, 2.75) is 6.42 Å². The second-order valence-corrected chi connectivity index (χ2v) is 4.81. The zero-order chi connectivity index (χ0) is 12.5. The number of nitrogen functional groups attached to an aromatic ring is 1. The van der Waals surface area contributed by atoms with Crippen molar-refractivity contribution in [2.75, 3.05) is 43.4 Å². The Kier molecular flexibility index (Phi) is 2.74. The van der Waals surface area contributed by atoms with E-state index in [1.807, 2.05) is 17.0 Å². The largest absolute Gasteiger partial charge is 0.397 e. The van der Waals surface area contributed by atoms with Crippen molar-refractivity contribution in [3.63, 3.8) is 0 Å². The zero-order valence-electron chi connectivity index (χ0n) is 10.4. The van der Waals surface area contributed by atoms with Crippen molar-refractivity contribution in [3.05, 3.63) is 23.8 Å². The zero-order valence-corrected chi connectivity index (χ0v) is 10.4. The fourth-order valence-electron chi connectivity index (χ4n) is 2.76. The number of carbonyl (C=O) groups is 1. The minimum absolute atomic E-state index is 0.0513. The van der Waals surface area contributed by atoms with E-state index in [0.29, 0.717) is 0 Å². The lowest BCUT2D eigenvalue weighted by molar-refractivity contribution is 0.218. The molecule has 0 aliphatic carbocycles. The van der Waals surface area contributed by atoms with Crippen molar-refractivity contribution < 1.29 is 4.79 Å². The molecule has 2 aliphatic rings. The smallest absolute Gasteiger partial charge is 0.317 e. The van der Waals surface area contributed by atoms with Gasteiger partial charge in [-0.05, 0) is 18.1 Å². The molecule has 2 aliphatic heterocycles. The standard InChI is InChI=1S/C13H18N4O/c14-11-3-1-2-10-4-6-16(12(10)11)8-9-17-7-5-15-13(17)18/h1-3H,4-9,14H2,(H,15,18). The maximum atomic E-state index is 11.5. The fourth-order valence-corrected chi connectivity index (χ4v) is 2.76. The van der Waals surface area contributed by atoms with Crippen LogP contribution in [0.25, 0.3) is 0 Å². The lowest BCUT2D eigenvalue weighted by Crippen LogP contribution is -2.36. The van der Waals surface area contributed by atoms with E-state index in [1.54, 1.807) is 0 Å². The molecule has 5 nitrogen and oxygen atoms in total. The van der Waals surface area contributed by atoms with Crippen LogP contribution in [-0.4, -0.2) is 43.7 Å². The molecule has 0 saturated carbocycles. The first-order valence-corrected chi connectivity index (χ1v) is 6.41. The second kappa shape index (κ2) is 4.40. The SMILES string of the molecule is Nc1cccc2c1N(CCN1CCNC1=O)CC2. The molecule has 5 heteroatoms. The van der Waals surface area contributed by atoms with Gasteiger partial charge in [-0.1, -0.05) is 12.1 Å². The third-order valence-electron chi connectivity index (χ3n) is 3.70. The number of anilines is 2. The number of nitrogens with zero attached hydrogens (tertiary/aromatic N) is 2. The molecule has 2 heterocycles. The summed E-state index contributed by atoms with van der Waals surface area (Å²) < 4.78 is 0. The van der Waals surface area contributed by atoms with E-state index in [0.717, 1.165) is 50.5 Å². The first kappa shape index (κ1) is 11.2. The highest BCUT2D eigenvalue weighted by Crippen LogP contribution is 2.33. The number of benzene rings is 1. The Bertz CT molecular complexity index is 474. The molecule has 18 heavy (non-hydrogen) atoms. The average molecular weight is 246 g/mol. The quantitative estimate of drug-likeness (QED) is 0.770. The molecule has 0 atom stereocenters. The molecule has 96 valence electrons. The van der Waals surface area contributed by atoms with Gasteiger partial charge in [0.05, 0.1) is 11.4 Å². The predicted octanol–water partition coefficient (Wildman–Crippen LogP) is 0.656. The lowest BCUT2D eigenvalue weighted by Gasteiger charge is -2.23. The second-order valence-electron chi connectivity index (χ2n) is 4.81. The summed E-state index contributed by atoms with van der Waals surface area (Å²) in [4.78, 5) is 15.6. The topological polar surface area (TPSA) is 61.6 Å². The van der Waals surface area contributed by atoms with Gasteiger partial charge in [0.25, 0.3) is 0 Å². The van der Waals surface area contributed by atoms with Crippen LogP contribution in [0.3, 0.4) is 0 Å². The van der Waals surface area contributed by atoms with Crippen molar-refractivity contribution in [1.29, 1.82) is 0 Å². The Morgan fingerprint density at radius 2 is 2.06 bits per heavy atom. The predicted molar refractivity (Wildman–Crippen MR) is 71.7 cm³/mol. The number of amides is 2. The number of nitrogens with one attached hydrogen (secondary N) is 1. The van der Waals surface area contributed by atoms with Gasteiger partial charge in [-0.2, -0.15) is 0 Å². The van der Waals surface area contributed by atoms with Crippen LogP contribution in [-0.2, 0) is 6.42 Å². The number of nitrogens with two attached hydrogens (primary N) is 1. The van der Waals surface area contributed by atoms with Crippen LogP contribution in [0.15, 0.2) is 18.2 Å². The summed E-state index contributed by atoms with van der Waals surface area (Å²) in [5, 5.41) is 2.82. The minimum atomic E-state index is 0.0513. The lowest BCUT2D eigenvalue weighted by atomic mass is 10.1. The Morgan fingerprint density at radius 1 is 1.22 bits per heavy atom. The van der Waals surface area contributed by atoms with Crippen LogP contribution in [0.1, 0.15) is 5.56 Å². The molecular weight excluding hydrogens is 228 g/mol. The van der Waals surface area contributed by atoms with E-state index in [4.69, 9.17) is 5.73 Å². The number of rotatable bonds is 3. The van der Waals surface area contributed by atoms with Crippen molar-refractivity contribution in [1.82, 2.24) is 10.2 Å². The summed E-state index contributed by atoms with van der Waals surface area (Å²) in [5.74, 6) is 0. The molecule has 3 N–H and O–H groups in total. The minimum Gasteiger partial charge on any atom is -0.397 e. The van der Waals surface area contributed by atoms with Gasteiger partial charge in [-0.3, -0.25) is 0 Å². The third-order valence-corrected chi connectivity index (χ3v) is 3.70. The number of para-hydroxylation sites is 1. The molecule has 1 aromatic rings. The van der Waals surface area contributed by atoms with Gasteiger partial charge < -0.3 is 20.9 Å². The molecule has 2 amide bonds. The van der Waals surface area contributed by atoms with E-state index in [1.165, 1.54) is 5.56 Å². The number of carbonyl (C=O) groups excluding carboxylic acids is 1. The molecule has 0 aromatic heterocycles. The molecule has 0 bridgehead atoms. The van der Waals surface area contributed by atoms with Gasteiger partial charge in [0, 0.05) is 32.7 Å². The van der Waals surface area contributed by atoms with Gasteiger partial charge in [0.15, 0.2) is 0 Å². The van der Waals surface area contributed by atoms with Crippen molar-refractivity contribution >= 4 is 17.4 Å². The maximum Gasteiger partial charge on any atom is 0.317 e. The summed E-state index contributed by atoms with van der Waals surface area (Å²) in [7, 11) is 0. The number of hydrogen-bond donors (Lipinski definition) is 2. The van der Waals surface area contributed by atoms with Crippen LogP contribution in [0.5, 0.6) is 0 Å². The summed E-state index contributed by atoms with van der Waals surface area (Å²) in [6.07, 6.45) is 1.05. The van der Waals surface area contributed by atoms with Crippen molar-refractivity contribution in [3.8, 4) is 0 Å². The van der Waals surface area contributed by atoms with E-state index in [-0.39, 0.29) is 6.03 Å². The Labute approximate surface area is 107 Å². The normalized spacial score (nSPS) is 18.1. The van der Waals surface area contributed by atoms with Gasteiger partial charge in [0.2, 0.25) is 0 Å². The van der Waals surface area contributed by atoms with Crippen LogP contribution < -0.4 is 16.0 Å². The molecule has 1 aromatic carbocycles. The highest BCUT2D eigenvalue weighted by Gasteiger charge is 2.24. The first-order valence-electron chi connectivity index (χ1n) is 6.41. The Morgan fingerprint density at radius 3 is 2.83 bits per heavy atom. The van der Waals surface area contributed by atoms with Gasteiger partial charge in [0.1, 0.15) is 0 Å². The molecular formula is C13H18N4O. The number of fused-ring (bicyclic) bond motifs is 1. The maximum absolute atomic E-state index is 11.5. The van der Waals surface area contributed by atoms with Crippen LogP contribution >= 0.6 is 0 Å². The van der Waals surface area contributed by atoms with Crippen LogP contribution in [0, 0.1) is 0 Å². The van der Waals surface area contributed by atoms with Gasteiger partial charge in [-0.15, -0.1) is 0 Å². The molecule has 0 unspecified atom stereocenters. The molecule has 0 spiro atoms. The van der Waals surface area contributed by atoms with Crippen LogP contribution in [0.2, 0.25) is 0 Å². The monoisotopic (exact) mass is 246 g/mol. The summed E-state index contributed by atoms with van der Waals surface area (Å²) >= 11 is 0. The molecule has 1 fully saturated rings. The van der Waals surface area contributed by atoms with E-state index < -0.39 is 0 Å². The third kappa shape index (κ3) is 1.85. The van der Waals surface area contributed by atoms with E-state index in [9.17, 15) is 4.79 Å². The van der Waals surface area contributed by atoms with Gasteiger partial charge in [-0.25, -0.2) is 4.79 Å². The highest BCUT2D eigenvalue weighted by molar-refractivity contribution is 5.76. The molecule has 1 saturated heterocycles. The Hall–Kier alpha value is -1.91. The first-order chi connectivity index (χ1) is 8.75. The fraction of sp³-hybridized carbons (Fsp3) is 0.462. The van der Waals surface area contributed by atoms with Crippen LogP contribution in [0.4, 0.5) is 16.2 Å². The van der Waals surface area contributed by atoms with E-state index >= 15 is 0 Å². The molecule has 3 rings (SSSR count). The molecule has 0 radical (unpaired) electrons. The van der Waals surface area contributed by atoms with E-state index in [2.05, 4.69) is 16.3 Å². The van der Waals surface area contributed by atoms with Gasteiger partial charge >= 0.3 is 6.03 Å². The Balaban J connectivity index is 1.68. The van der Waals surface area contributed by atoms with Crippen molar-refractivity contribution in [2.24, 2.45) is 0 Å². The summed E-state index contributed by atoms with van der Waals surface area (Å²) in [6, 6.07) is 6.13.